The van der Waals surface area contributed by atoms with Gasteiger partial charge in [-0.25, -0.2) is 4.79 Å². The number of carbonyl (C=O) groups excluding carboxylic acids is 1. The second-order valence-corrected chi connectivity index (χ2v) is 6.34. The lowest BCUT2D eigenvalue weighted by Crippen LogP contribution is -2.19. The maximum atomic E-state index is 12.3. The van der Waals surface area contributed by atoms with Crippen LogP contribution in [0.3, 0.4) is 0 Å². The van der Waals surface area contributed by atoms with E-state index in [2.05, 4.69) is 6.08 Å². The number of ether oxygens (including phenoxy) is 1. The zero-order chi connectivity index (χ0) is 17.2. The van der Waals surface area contributed by atoms with Gasteiger partial charge in [0.1, 0.15) is 12.2 Å². The molecule has 0 N–H and O–H groups in total. The Labute approximate surface area is 144 Å². The highest BCUT2D eigenvalue weighted by atomic mass is 16.5. The minimum Gasteiger partial charge on any atom is -0.461 e. The molecule has 1 aliphatic rings. The van der Waals surface area contributed by atoms with Crippen LogP contribution < -0.4 is 5.63 Å². The first-order valence-corrected chi connectivity index (χ1v) is 8.48. The molecule has 4 rings (SSSR count). The minimum atomic E-state index is -0.436. The number of fused-ring (bicyclic) bond motifs is 3. The van der Waals surface area contributed by atoms with Crippen LogP contribution >= 0.6 is 0 Å². The Morgan fingerprint density at radius 1 is 1.16 bits per heavy atom. The van der Waals surface area contributed by atoms with Crippen molar-refractivity contribution in [2.75, 3.05) is 0 Å². The SMILES string of the molecule is O=C(OCc1cc(=O)oc2ccc3ccccc3c12)C1CC=CCC1. The number of benzene rings is 2. The first-order valence-electron chi connectivity index (χ1n) is 8.48. The summed E-state index contributed by atoms with van der Waals surface area (Å²) in [6, 6.07) is 13.0. The molecule has 4 nitrogen and oxygen atoms in total. The normalized spacial score (nSPS) is 17.0. The Bertz CT molecular complexity index is 1030. The van der Waals surface area contributed by atoms with Crippen LogP contribution in [0.15, 0.2) is 63.8 Å². The number of esters is 1. The zero-order valence-electron chi connectivity index (χ0n) is 13.7. The van der Waals surface area contributed by atoms with Gasteiger partial charge >= 0.3 is 11.6 Å². The average Bonchev–Trinajstić information content (AvgIpc) is 2.66. The molecule has 0 fully saturated rings. The van der Waals surface area contributed by atoms with Crippen LogP contribution in [0.25, 0.3) is 21.7 Å². The molecule has 0 saturated carbocycles. The third-order valence-electron chi connectivity index (χ3n) is 4.69. The van der Waals surface area contributed by atoms with Gasteiger partial charge in [-0.15, -0.1) is 0 Å². The third-order valence-corrected chi connectivity index (χ3v) is 4.69. The van der Waals surface area contributed by atoms with E-state index in [4.69, 9.17) is 9.15 Å². The average molecular weight is 334 g/mol. The van der Waals surface area contributed by atoms with Gasteiger partial charge in [0.05, 0.1) is 5.92 Å². The predicted molar refractivity (Wildman–Crippen MR) is 96.3 cm³/mol. The van der Waals surface area contributed by atoms with E-state index in [1.807, 2.05) is 36.4 Å². The molecule has 0 aliphatic heterocycles. The zero-order valence-corrected chi connectivity index (χ0v) is 13.7. The highest BCUT2D eigenvalue weighted by Gasteiger charge is 2.21. The van der Waals surface area contributed by atoms with Crippen LogP contribution in [-0.2, 0) is 16.1 Å². The van der Waals surface area contributed by atoms with Crippen molar-refractivity contribution < 1.29 is 13.9 Å². The third kappa shape index (κ3) is 3.07. The molecule has 0 spiro atoms. The molecule has 1 atom stereocenters. The van der Waals surface area contributed by atoms with Gasteiger partial charge in [0, 0.05) is 17.0 Å². The summed E-state index contributed by atoms with van der Waals surface area (Å²) in [5.41, 5.74) is 0.759. The monoisotopic (exact) mass is 334 g/mol. The highest BCUT2D eigenvalue weighted by molar-refractivity contribution is 6.07. The molecule has 0 bridgehead atoms. The van der Waals surface area contributed by atoms with Crippen molar-refractivity contribution in [3.8, 4) is 0 Å². The van der Waals surface area contributed by atoms with E-state index in [0.717, 1.165) is 35.4 Å². The molecule has 3 aromatic rings. The van der Waals surface area contributed by atoms with Crippen LogP contribution in [0.5, 0.6) is 0 Å². The van der Waals surface area contributed by atoms with Crippen LogP contribution in [0.2, 0.25) is 0 Å². The van der Waals surface area contributed by atoms with Gasteiger partial charge in [0.25, 0.3) is 0 Å². The van der Waals surface area contributed by atoms with Crippen molar-refractivity contribution in [2.24, 2.45) is 5.92 Å². The van der Waals surface area contributed by atoms with E-state index in [1.165, 1.54) is 6.07 Å². The van der Waals surface area contributed by atoms with Crippen molar-refractivity contribution in [3.05, 3.63) is 70.6 Å². The molecular weight excluding hydrogens is 316 g/mol. The van der Waals surface area contributed by atoms with Gasteiger partial charge in [0.2, 0.25) is 0 Å². The Morgan fingerprint density at radius 2 is 2.04 bits per heavy atom. The summed E-state index contributed by atoms with van der Waals surface area (Å²) in [6.07, 6.45) is 6.55. The van der Waals surface area contributed by atoms with Crippen molar-refractivity contribution in [1.82, 2.24) is 0 Å². The first kappa shape index (κ1) is 15.6. The molecular formula is C21H18O4. The fourth-order valence-corrected chi connectivity index (χ4v) is 3.41. The van der Waals surface area contributed by atoms with Crippen LogP contribution in [0, 0.1) is 5.92 Å². The Kier molecular flexibility index (Phi) is 4.10. The summed E-state index contributed by atoms with van der Waals surface area (Å²) in [6.45, 7) is 0.0785. The Morgan fingerprint density at radius 3 is 2.88 bits per heavy atom. The molecule has 2 aromatic carbocycles. The smallest absolute Gasteiger partial charge is 0.336 e. The lowest BCUT2D eigenvalue weighted by Gasteiger charge is -2.17. The maximum Gasteiger partial charge on any atom is 0.336 e. The summed E-state index contributed by atoms with van der Waals surface area (Å²) in [4.78, 5) is 24.2. The molecule has 1 heterocycles. The molecule has 1 aromatic heterocycles. The van der Waals surface area contributed by atoms with Crippen molar-refractivity contribution in [1.29, 1.82) is 0 Å². The van der Waals surface area contributed by atoms with Gasteiger partial charge in [-0.3, -0.25) is 4.79 Å². The quantitative estimate of drug-likeness (QED) is 0.309. The molecule has 1 unspecified atom stereocenters. The number of rotatable bonds is 3. The summed E-state index contributed by atoms with van der Waals surface area (Å²) < 4.78 is 10.9. The first-order chi connectivity index (χ1) is 12.2. The number of carbonyl (C=O) groups is 1. The number of hydrogen-bond donors (Lipinski definition) is 0. The van der Waals surface area contributed by atoms with E-state index in [1.54, 1.807) is 6.07 Å². The largest absolute Gasteiger partial charge is 0.461 e. The Balaban J connectivity index is 1.71. The maximum absolute atomic E-state index is 12.3. The Hall–Kier alpha value is -2.88. The topological polar surface area (TPSA) is 56.5 Å². The molecule has 0 amide bonds. The molecule has 4 heteroatoms. The van der Waals surface area contributed by atoms with E-state index in [9.17, 15) is 9.59 Å². The second kappa shape index (κ2) is 6.55. The summed E-state index contributed by atoms with van der Waals surface area (Å²) in [7, 11) is 0. The van der Waals surface area contributed by atoms with Crippen LogP contribution in [0.1, 0.15) is 24.8 Å². The predicted octanol–water partition coefficient (Wildman–Crippen LogP) is 4.35. The molecule has 0 saturated heterocycles. The minimum absolute atomic E-state index is 0.0785. The molecule has 25 heavy (non-hydrogen) atoms. The lowest BCUT2D eigenvalue weighted by atomic mass is 9.95. The molecule has 126 valence electrons. The summed E-state index contributed by atoms with van der Waals surface area (Å²) in [5, 5.41) is 2.86. The van der Waals surface area contributed by atoms with Crippen LogP contribution in [-0.4, -0.2) is 5.97 Å². The fourth-order valence-electron chi connectivity index (χ4n) is 3.41. The standard InChI is InChI=1S/C21H18O4/c22-19-12-16(13-24-21(23)15-7-2-1-3-8-15)20-17-9-5-4-6-14(17)10-11-18(20)25-19/h1-2,4-6,9-12,15H,3,7-8,13H2. The van der Waals surface area contributed by atoms with Crippen LogP contribution in [0.4, 0.5) is 0 Å². The number of allylic oxidation sites excluding steroid dienone is 2. The molecule has 1 aliphatic carbocycles. The fraction of sp³-hybridized carbons (Fsp3) is 0.238. The van der Waals surface area contributed by atoms with Crippen molar-refractivity contribution >= 4 is 27.7 Å². The highest BCUT2D eigenvalue weighted by Crippen LogP contribution is 2.28. The molecule has 0 radical (unpaired) electrons. The summed E-state index contributed by atoms with van der Waals surface area (Å²) in [5.74, 6) is -0.292. The second-order valence-electron chi connectivity index (χ2n) is 6.34. The van der Waals surface area contributed by atoms with E-state index >= 15 is 0 Å². The number of hydrogen-bond acceptors (Lipinski definition) is 4. The van der Waals surface area contributed by atoms with Gasteiger partial charge in [-0.2, -0.15) is 0 Å². The van der Waals surface area contributed by atoms with Gasteiger partial charge < -0.3 is 9.15 Å². The van der Waals surface area contributed by atoms with E-state index in [-0.39, 0.29) is 18.5 Å². The van der Waals surface area contributed by atoms with Crippen molar-refractivity contribution in [3.63, 3.8) is 0 Å². The van der Waals surface area contributed by atoms with E-state index < -0.39 is 5.63 Å². The van der Waals surface area contributed by atoms with Gasteiger partial charge in [-0.1, -0.05) is 42.5 Å². The van der Waals surface area contributed by atoms with E-state index in [0.29, 0.717) is 11.1 Å². The van der Waals surface area contributed by atoms with Gasteiger partial charge in [0.15, 0.2) is 0 Å². The van der Waals surface area contributed by atoms with Crippen molar-refractivity contribution in [2.45, 2.75) is 25.9 Å². The van der Waals surface area contributed by atoms with Gasteiger partial charge in [-0.05, 0) is 36.1 Å². The summed E-state index contributed by atoms with van der Waals surface area (Å²) >= 11 is 0. The lowest BCUT2D eigenvalue weighted by molar-refractivity contribution is -0.150.